The van der Waals surface area contributed by atoms with E-state index in [1.165, 1.54) is 11.0 Å². The van der Waals surface area contributed by atoms with Crippen molar-refractivity contribution in [1.29, 1.82) is 0 Å². The Labute approximate surface area is 323 Å². The number of allylic oxidation sites excluding steroid dienone is 5. The number of aliphatic imine (C=N–C) groups is 1. The third-order valence-corrected chi connectivity index (χ3v) is 9.72. The number of rotatable bonds is 14. The Hall–Kier alpha value is -5.51. The van der Waals surface area contributed by atoms with Crippen LogP contribution in [0.1, 0.15) is 46.3 Å². The predicted molar refractivity (Wildman–Crippen MR) is 219 cm³/mol. The van der Waals surface area contributed by atoms with Crippen molar-refractivity contribution in [2.45, 2.75) is 32.9 Å². The number of aryl methyl sites for hydroxylation is 1. The number of carbonyl (C=O) groups excluding carboxylic acids is 3. The standard InChI is InChI=1S/C44H40BrN3O4S/c1-5-8-23-36(7-3)48-43(51)37(26-32-25-35(16-6-2)41(38(45)27-32)52-28-31-18-15-17-30(4)24-31)42(50)47-44(48)53-29-39(49)46-40(33-19-11-9-12-20-33)34-21-13-10-14-22-34/h5-15,17-27,40H,1-2,16,28-29H2,3-4H3,(H,46,49)/b23-8-,36-7+,37-26+. The lowest BCUT2D eigenvalue weighted by Crippen LogP contribution is -2.42. The molecule has 53 heavy (non-hydrogen) atoms. The van der Waals surface area contributed by atoms with Crippen molar-refractivity contribution >= 4 is 56.7 Å². The second kappa shape index (κ2) is 18.8. The van der Waals surface area contributed by atoms with Crippen LogP contribution in [0, 0.1) is 6.92 Å². The van der Waals surface area contributed by atoms with E-state index in [9.17, 15) is 14.4 Å². The number of ether oxygens (including phenoxy) is 1. The van der Waals surface area contributed by atoms with Crippen LogP contribution >= 0.6 is 27.7 Å². The van der Waals surface area contributed by atoms with Crippen LogP contribution in [0.5, 0.6) is 5.75 Å². The monoisotopic (exact) mass is 785 g/mol. The molecule has 9 heteroatoms. The number of benzene rings is 4. The maximum absolute atomic E-state index is 14.2. The minimum absolute atomic E-state index is 0.0881. The smallest absolute Gasteiger partial charge is 0.285 e. The summed E-state index contributed by atoms with van der Waals surface area (Å²) in [4.78, 5) is 47.0. The number of amides is 3. The predicted octanol–water partition coefficient (Wildman–Crippen LogP) is 9.46. The van der Waals surface area contributed by atoms with Crippen LogP contribution in [0.3, 0.4) is 0 Å². The summed E-state index contributed by atoms with van der Waals surface area (Å²) in [6.45, 7) is 11.8. The van der Waals surface area contributed by atoms with Gasteiger partial charge in [0.15, 0.2) is 5.17 Å². The summed E-state index contributed by atoms with van der Waals surface area (Å²) in [6.07, 6.45) is 10.5. The average molecular weight is 787 g/mol. The number of nitrogens with zero attached hydrogens (tertiary/aromatic N) is 2. The highest BCUT2D eigenvalue weighted by molar-refractivity contribution is 9.10. The maximum atomic E-state index is 14.2. The zero-order chi connectivity index (χ0) is 37.7. The highest BCUT2D eigenvalue weighted by atomic mass is 79.9. The van der Waals surface area contributed by atoms with Crippen LogP contribution in [-0.4, -0.2) is 33.5 Å². The molecule has 1 heterocycles. The number of carbonyl (C=O) groups is 3. The summed E-state index contributed by atoms with van der Waals surface area (Å²) < 4.78 is 6.91. The molecule has 0 saturated carbocycles. The molecule has 0 fully saturated rings. The van der Waals surface area contributed by atoms with Crippen LogP contribution in [0.25, 0.3) is 6.08 Å². The first-order chi connectivity index (χ1) is 25.7. The first kappa shape index (κ1) is 38.7. The molecular formula is C44H40BrN3O4S. The van der Waals surface area contributed by atoms with E-state index >= 15 is 0 Å². The largest absolute Gasteiger partial charge is 0.487 e. The fourth-order valence-corrected chi connectivity index (χ4v) is 7.18. The van der Waals surface area contributed by atoms with Gasteiger partial charge in [0.05, 0.1) is 16.3 Å². The van der Waals surface area contributed by atoms with Crippen molar-refractivity contribution in [2.24, 2.45) is 4.99 Å². The van der Waals surface area contributed by atoms with Crippen molar-refractivity contribution < 1.29 is 19.1 Å². The molecule has 0 saturated heterocycles. The van der Waals surface area contributed by atoms with E-state index < -0.39 is 11.8 Å². The van der Waals surface area contributed by atoms with Crippen molar-refractivity contribution in [3.63, 3.8) is 0 Å². The van der Waals surface area contributed by atoms with Crippen LogP contribution in [0.4, 0.5) is 0 Å². The molecule has 0 atom stereocenters. The summed E-state index contributed by atoms with van der Waals surface area (Å²) in [6, 6.07) is 30.8. The Balaban J connectivity index is 1.42. The van der Waals surface area contributed by atoms with E-state index in [1.807, 2.05) is 91.9 Å². The van der Waals surface area contributed by atoms with Crippen LogP contribution in [0.15, 0.2) is 161 Å². The fourth-order valence-electron chi connectivity index (χ4n) is 5.74. The van der Waals surface area contributed by atoms with Crippen molar-refractivity contribution in [1.82, 2.24) is 10.2 Å². The molecule has 0 aliphatic carbocycles. The van der Waals surface area contributed by atoms with Gasteiger partial charge in [0.25, 0.3) is 11.8 Å². The topological polar surface area (TPSA) is 88.1 Å². The molecule has 1 aliphatic rings. The highest BCUT2D eigenvalue weighted by Gasteiger charge is 2.35. The van der Waals surface area contributed by atoms with E-state index in [0.717, 1.165) is 39.6 Å². The van der Waals surface area contributed by atoms with E-state index in [1.54, 1.807) is 43.4 Å². The molecule has 3 amide bonds. The molecule has 4 aromatic carbocycles. The molecule has 1 aliphatic heterocycles. The highest BCUT2D eigenvalue weighted by Crippen LogP contribution is 2.34. The number of hydrogen-bond donors (Lipinski definition) is 1. The van der Waals surface area contributed by atoms with Gasteiger partial charge >= 0.3 is 0 Å². The molecule has 1 N–H and O–H groups in total. The molecule has 4 aromatic rings. The van der Waals surface area contributed by atoms with Crippen molar-refractivity contribution in [3.05, 3.63) is 190 Å². The van der Waals surface area contributed by atoms with Crippen LogP contribution in [-0.2, 0) is 27.4 Å². The number of nitrogens with one attached hydrogen (secondary N) is 1. The molecule has 0 aromatic heterocycles. The normalized spacial score (nSPS) is 14.1. The molecule has 7 nitrogen and oxygen atoms in total. The Kier molecular flexibility index (Phi) is 13.7. The number of hydrogen-bond acceptors (Lipinski definition) is 5. The number of thioether (sulfide) groups is 1. The van der Waals surface area contributed by atoms with Crippen molar-refractivity contribution in [3.8, 4) is 5.75 Å². The summed E-state index contributed by atoms with van der Waals surface area (Å²) in [7, 11) is 0. The Morgan fingerprint density at radius 2 is 1.68 bits per heavy atom. The average Bonchev–Trinajstić information content (AvgIpc) is 3.16. The summed E-state index contributed by atoms with van der Waals surface area (Å²) >= 11 is 4.67. The first-order valence-corrected chi connectivity index (χ1v) is 18.8. The quantitative estimate of drug-likeness (QED) is 0.0596. The first-order valence-electron chi connectivity index (χ1n) is 17.0. The Morgan fingerprint density at radius 1 is 0.981 bits per heavy atom. The van der Waals surface area contributed by atoms with Gasteiger partial charge in [-0.2, -0.15) is 4.99 Å². The fraction of sp³-hybridized carbons (Fsp3) is 0.136. The molecule has 0 bridgehead atoms. The number of halogens is 1. The summed E-state index contributed by atoms with van der Waals surface area (Å²) in [5.74, 6) is -0.995. The second-order valence-electron chi connectivity index (χ2n) is 12.1. The third-order valence-electron chi connectivity index (χ3n) is 8.20. The molecule has 268 valence electrons. The minimum Gasteiger partial charge on any atom is -0.487 e. The van der Waals surface area contributed by atoms with E-state index in [2.05, 4.69) is 45.5 Å². The third kappa shape index (κ3) is 10.1. The van der Waals surface area contributed by atoms with Crippen molar-refractivity contribution in [2.75, 3.05) is 5.75 Å². The molecule has 0 unspecified atom stereocenters. The van der Waals surface area contributed by atoms with Gasteiger partial charge in [-0.25, -0.2) is 0 Å². The van der Waals surface area contributed by atoms with Gasteiger partial charge in [0, 0.05) is 5.70 Å². The van der Waals surface area contributed by atoms with Crippen LogP contribution in [0.2, 0.25) is 0 Å². The lowest BCUT2D eigenvalue weighted by atomic mass is 9.99. The van der Waals surface area contributed by atoms with Gasteiger partial charge in [-0.1, -0.05) is 133 Å². The SMILES string of the molecule is C=C/C=C\C(=C/C)N1C(=O)/C(=C/c2cc(Br)c(OCc3cccc(C)c3)c(CC=C)c2)C(=O)N=C1SCC(=O)NC(c1ccccc1)c1ccccc1. The molecule has 5 rings (SSSR count). The van der Waals surface area contributed by atoms with Gasteiger partial charge in [0.2, 0.25) is 5.91 Å². The number of amidine groups is 1. The van der Waals surface area contributed by atoms with Gasteiger partial charge < -0.3 is 10.1 Å². The van der Waals surface area contributed by atoms with Crippen LogP contribution < -0.4 is 10.1 Å². The van der Waals surface area contributed by atoms with E-state index in [0.29, 0.717) is 34.5 Å². The van der Waals surface area contributed by atoms with Gasteiger partial charge in [0.1, 0.15) is 17.9 Å². The lowest BCUT2D eigenvalue weighted by molar-refractivity contribution is -0.126. The zero-order valence-electron chi connectivity index (χ0n) is 29.6. The Bertz CT molecular complexity index is 2080. The summed E-state index contributed by atoms with van der Waals surface area (Å²) in [5.41, 5.74) is 5.81. The van der Waals surface area contributed by atoms with E-state index in [-0.39, 0.29) is 28.4 Å². The maximum Gasteiger partial charge on any atom is 0.285 e. The lowest BCUT2D eigenvalue weighted by Gasteiger charge is -2.28. The molecule has 0 radical (unpaired) electrons. The van der Waals surface area contributed by atoms with Gasteiger partial charge in [-0.05, 0) is 88.3 Å². The minimum atomic E-state index is -0.704. The van der Waals surface area contributed by atoms with Gasteiger partial charge in [-0.15, -0.1) is 6.58 Å². The van der Waals surface area contributed by atoms with E-state index in [4.69, 9.17) is 4.74 Å². The zero-order valence-corrected chi connectivity index (χ0v) is 32.0. The Morgan fingerprint density at radius 3 is 2.30 bits per heavy atom. The second-order valence-corrected chi connectivity index (χ2v) is 13.9. The molecular weight excluding hydrogens is 746 g/mol. The van der Waals surface area contributed by atoms with Gasteiger partial charge in [-0.3, -0.25) is 19.3 Å². The summed E-state index contributed by atoms with van der Waals surface area (Å²) in [5, 5.41) is 3.21. The molecule has 0 spiro atoms.